The number of benzene rings is 1. The van der Waals surface area contributed by atoms with Crippen LogP contribution in [-0.4, -0.2) is 32.9 Å². The summed E-state index contributed by atoms with van der Waals surface area (Å²) in [5, 5.41) is 3.37. The molecule has 0 aliphatic carbocycles. The molecule has 1 aromatic rings. The number of methoxy groups -OCH3 is 1. The Balaban J connectivity index is 2.56. The molecule has 3 nitrogen and oxygen atoms in total. The molecule has 3 heteroatoms. The summed E-state index contributed by atoms with van der Waals surface area (Å²) in [5.74, 6) is 0.990. The van der Waals surface area contributed by atoms with Gasteiger partial charge in [0, 0.05) is 19.7 Å². The highest BCUT2D eigenvalue weighted by atomic mass is 16.5. The molecule has 0 fully saturated rings. The molecule has 1 atom stereocenters. The van der Waals surface area contributed by atoms with Crippen molar-refractivity contribution in [1.29, 1.82) is 0 Å². The Bertz CT molecular complexity index is 410. The van der Waals surface area contributed by atoms with Gasteiger partial charge < -0.3 is 14.8 Å². The highest BCUT2D eigenvalue weighted by Gasteiger charge is 2.19. The first kappa shape index (κ1) is 17.0. The van der Waals surface area contributed by atoms with E-state index < -0.39 is 0 Å². The molecule has 0 aromatic heterocycles. The van der Waals surface area contributed by atoms with Gasteiger partial charge in [0.05, 0.1) is 6.61 Å². The summed E-state index contributed by atoms with van der Waals surface area (Å²) in [6.07, 6.45) is 0. The summed E-state index contributed by atoms with van der Waals surface area (Å²) in [5.41, 5.74) is 2.63. The van der Waals surface area contributed by atoms with Crippen LogP contribution in [0.3, 0.4) is 0 Å². The molecule has 0 amide bonds. The molecule has 1 rings (SSSR count). The Morgan fingerprint density at radius 2 is 1.95 bits per heavy atom. The first-order chi connectivity index (χ1) is 9.34. The lowest BCUT2D eigenvalue weighted by Gasteiger charge is -2.23. The van der Waals surface area contributed by atoms with Crippen LogP contribution in [-0.2, 0) is 10.2 Å². The van der Waals surface area contributed by atoms with Gasteiger partial charge in [-0.1, -0.05) is 38.5 Å². The summed E-state index contributed by atoms with van der Waals surface area (Å²) >= 11 is 0. The molecular weight excluding hydrogens is 250 g/mol. The molecule has 1 unspecified atom stereocenters. The first-order valence-corrected chi connectivity index (χ1v) is 7.31. The van der Waals surface area contributed by atoms with Gasteiger partial charge in [-0.3, -0.25) is 0 Å². The normalized spacial score (nSPS) is 13.3. The molecule has 0 aliphatic heterocycles. The zero-order valence-corrected chi connectivity index (χ0v) is 13.7. The minimum Gasteiger partial charge on any atom is -0.492 e. The Hall–Kier alpha value is -1.06. The second kappa shape index (κ2) is 7.65. The van der Waals surface area contributed by atoms with Crippen LogP contribution in [0.1, 0.15) is 38.8 Å². The highest BCUT2D eigenvalue weighted by molar-refractivity contribution is 5.41. The maximum absolute atomic E-state index is 5.94. The van der Waals surface area contributed by atoms with E-state index in [1.807, 2.05) is 0 Å². The Labute approximate surface area is 123 Å². The van der Waals surface area contributed by atoms with Crippen LogP contribution in [0.5, 0.6) is 5.75 Å². The van der Waals surface area contributed by atoms with E-state index in [9.17, 15) is 0 Å². The third-order valence-corrected chi connectivity index (χ3v) is 3.21. The van der Waals surface area contributed by atoms with E-state index in [-0.39, 0.29) is 5.41 Å². The molecule has 0 radical (unpaired) electrons. The van der Waals surface area contributed by atoms with Crippen molar-refractivity contribution in [2.75, 3.05) is 26.9 Å². The summed E-state index contributed by atoms with van der Waals surface area (Å²) in [7, 11) is 1.72. The van der Waals surface area contributed by atoms with Gasteiger partial charge in [-0.25, -0.2) is 0 Å². The van der Waals surface area contributed by atoms with Crippen LogP contribution in [0.4, 0.5) is 0 Å². The Kier molecular flexibility index (Phi) is 6.50. The van der Waals surface area contributed by atoms with Crippen molar-refractivity contribution >= 4 is 0 Å². The van der Waals surface area contributed by atoms with Gasteiger partial charge in [-0.15, -0.1) is 0 Å². The number of rotatable bonds is 7. The van der Waals surface area contributed by atoms with Crippen molar-refractivity contribution in [1.82, 2.24) is 5.32 Å². The van der Waals surface area contributed by atoms with Crippen molar-refractivity contribution < 1.29 is 9.47 Å². The van der Waals surface area contributed by atoms with Crippen LogP contribution in [0.25, 0.3) is 0 Å². The summed E-state index contributed by atoms with van der Waals surface area (Å²) < 4.78 is 11.0. The monoisotopic (exact) mass is 279 g/mol. The van der Waals surface area contributed by atoms with Crippen LogP contribution >= 0.6 is 0 Å². The maximum atomic E-state index is 5.94. The number of hydrogen-bond acceptors (Lipinski definition) is 3. The Morgan fingerprint density at radius 3 is 2.55 bits per heavy atom. The van der Waals surface area contributed by atoms with Crippen molar-refractivity contribution in [2.24, 2.45) is 0 Å². The third-order valence-electron chi connectivity index (χ3n) is 3.21. The van der Waals surface area contributed by atoms with E-state index in [0.717, 1.165) is 18.9 Å². The molecule has 20 heavy (non-hydrogen) atoms. The first-order valence-electron chi connectivity index (χ1n) is 7.31. The van der Waals surface area contributed by atoms with Crippen molar-refractivity contribution in [2.45, 2.75) is 46.1 Å². The third kappa shape index (κ3) is 5.51. The van der Waals surface area contributed by atoms with E-state index in [4.69, 9.17) is 9.47 Å². The van der Waals surface area contributed by atoms with Crippen LogP contribution in [0, 0.1) is 6.92 Å². The predicted molar refractivity (Wildman–Crippen MR) is 84.7 cm³/mol. The van der Waals surface area contributed by atoms with Crippen molar-refractivity contribution in [3.8, 4) is 5.75 Å². The predicted octanol–water partition coefficient (Wildman–Crippen LogP) is 3.30. The quantitative estimate of drug-likeness (QED) is 0.777. The number of aryl methyl sites for hydroxylation is 1. The molecule has 114 valence electrons. The van der Waals surface area contributed by atoms with Gasteiger partial charge in [-0.05, 0) is 30.9 Å². The van der Waals surface area contributed by atoms with E-state index in [2.05, 4.69) is 58.1 Å². The molecule has 0 saturated heterocycles. The number of nitrogens with one attached hydrogen (secondary N) is 1. The maximum Gasteiger partial charge on any atom is 0.123 e. The standard InChI is InChI=1S/C17H29NO2/c1-13-7-8-16(15(11-13)17(3,4)5)20-10-9-18-14(2)12-19-6/h7-8,11,14,18H,9-10,12H2,1-6H3. The highest BCUT2D eigenvalue weighted by Crippen LogP contribution is 2.31. The molecule has 0 bridgehead atoms. The molecule has 0 spiro atoms. The second-order valence-corrected chi connectivity index (χ2v) is 6.41. The smallest absolute Gasteiger partial charge is 0.123 e. The average Bonchev–Trinajstić information content (AvgIpc) is 2.35. The fourth-order valence-electron chi connectivity index (χ4n) is 2.13. The van der Waals surface area contributed by atoms with E-state index in [0.29, 0.717) is 12.6 Å². The summed E-state index contributed by atoms with van der Waals surface area (Å²) in [6, 6.07) is 6.75. The lowest BCUT2D eigenvalue weighted by molar-refractivity contribution is 0.169. The minimum absolute atomic E-state index is 0.0954. The van der Waals surface area contributed by atoms with Crippen LogP contribution < -0.4 is 10.1 Å². The second-order valence-electron chi connectivity index (χ2n) is 6.41. The van der Waals surface area contributed by atoms with E-state index in [1.54, 1.807) is 7.11 Å². The van der Waals surface area contributed by atoms with Gasteiger partial charge in [-0.2, -0.15) is 0 Å². The van der Waals surface area contributed by atoms with Gasteiger partial charge in [0.1, 0.15) is 12.4 Å². The zero-order chi connectivity index (χ0) is 15.2. The van der Waals surface area contributed by atoms with Crippen LogP contribution in [0.15, 0.2) is 18.2 Å². The number of ether oxygens (including phenoxy) is 2. The SMILES string of the molecule is COCC(C)NCCOc1ccc(C)cc1C(C)(C)C. The van der Waals surface area contributed by atoms with Gasteiger partial charge in [0.2, 0.25) is 0 Å². The molecule has 0 heterocycles. The van der Waals surface area contributed by atoms with Crippen molar-refractivity contribution in [3.05, 3.63) is 29.3 Å². The zero-order valence-electron chi connectivity index (χ0n) is 13.7. The molecular formula is C17H29NO2. The van der Waals surface area contributed by atoms with E-state index >= 15 is 0 Å². The topological polar surface area (TPSA) is 30.5 Å². The summed E-state index contributed by atoms with van der Waals surface area (Å²) in [6.45, 7) is 13.1. The fourth-order valence-corrected chi connectivity index (χ4v) is 2.13. The molecule has 0 saturated carbocycles. The van der Waals surface area contributed by atoms with Gasteiger partial charge >= 0.3 is 0 Å². The average molecular weight is 279 g/mol. The molecule has 0 aliphatic rings. The fraction of sp³-hybridized carbons (Fsp3) is 0.647. The van der Waals surface area contributed by atoms with Crippen molar-refractivity contribution in [3.63, 3.8) is 0 Å². The minimum atomic E-state index is 0.0954. The lowest BCUT2D eigenvalue weighted by Crippen LogP contribution is -2.33. The Morgan fingerprint density at radius 1 is 1.25 bits per heavy atom. The van der Waals surface area contributed by atoms with Gasteiger partial charge in [0.15, 0.2) is 0 Å². The summed E-state index contributed by atoms with van der Waals surface area (Å²) in [4.78, 5) is 0. The van der Waals surface area contributed by atoms with E-state index in [1.165, 1.54) is 11.1 Å². The lowest BCUT2D eigenvalue weighted by atomic mass is 9.85. The van der Waals surface area contributed by atoms with Crippen LogP contribution in [0.2, 0.25) is 0 Å². The number of hydrogen-bond donors (Lipinski definition) is 1. The van der Waals surface area contributed by atoms with Gasteiger partial charge in [0.25, 0.3) is 0 Å². The molecule has 1 aromatic carbocycles. The molecule has 1 N–H and O–H groups in total. The largest absolute Gasteiger partial charge is 0.492 e.